The maximum atomic E-state index is 11.8. The fraction of sp³-hybridized carbons (Fsp3) is 0.250. The molecule has 0 aliphatic heterocycles. The van der Waals surface area contributed by atoms with Crippen LogP contribution in [0, 0.1) is 5.39 Å². The van der Waals surface area contributed by atoms with E-state index < -0.39 is 23.9 Å². The maximum absolute atomic E-state index is 11.8. The molecular weight excluding hydrogens is 266 g/mol. The second-order valence-electron chi connectivity index (χ2n) is 3.94. The molecule has 0 radical (unpaired) electrons. The Kier molecular flexibility index (Phi) is 5.17. The lowest BCUT2D eigenvalue weighted by Crippen LogP contribution is -2.41. The molecule has 8 heteroatoms. The van der Waals surface area contributed by atoms with Gasteiger partial charge in [-0.2, -0.15) is 0 Å². The first-order chi connectivity index (χ1) is 9.43. The highest BCUT2D eigenvalue weighted by Crippen LogP contribution is 2.12. The number of nitrogens with one attached hydrogen (secondary N) is 1. The maximum Gasteiger partial charge on any atom is 0.385 e. The van der Waals surface area contributed by atoms with Gasteiger partial charge in [-0.15, -0.1) is 0 Å². The largest absolute Gasteiger partial charge is 0.481 e. The van der Waals surface area contributed by atoms with Crippen molar-refractivity contribution in [3.05, 3.63) is 34.8 Å². The van der Waals surface area contributed by atoms with Gasteiger partial charge >= 0.3 is 17.6 Å². The highest BCUT2D eigenvalue weighted by atomic mass is 16.4. The monoisotopic (exact) mass is 278 g/mol. The van der Waals surface area contributed by atoms with Gasteiger partial charge in [0.05, 0.1) is 0 Å². The zero-order chi connectivity index (χ0) is 15.1. The van der Waals surface area contributed by atoms with E-state index in [4.69, 9.17) is 15.6 Å². The third-order valence-electron chi connectivity index (χ3n) is 2.50. The first-order valence-electron chi connectivity index (χ1n) is 5.64. The first-order valence-corrected chi connectivity index (χ1v) is 5.64. The SMILES string of the molecule is N#[N+]c1ccc(C(=O)N[C@@H](CCC(=O)O)C(=O)O)cc1. The number of benzene rings is 1. The van der Waals surface area contributed by atoms with E-state index in [9.17, 15) is 14.4 Å². The van der Waals surface area contributed by atoms with Crippen LogP contribution in [-0.2, 0) is 9.59 Å². The topological polar surface area (TPSA) is 132 Å². The molecule has 0 saturated heterocycles. The van der Waals surface area contributed by atoms with E-state index in [1.807, 2.05) is 0 Å². The van der Waals surface area contributed by atoms with E-state index in [1.165, 1.54) is 24.3 Å². The van der Waals surface area contributed by atoms with Crippen molar-refractivity contribution in [1.29, 1.82) is 5.39 Å². The predicted octanol–water partition coefficient (Wildman–Crippen LogP) is 1.22. The molecule has 1 aromatic carbocycles. The second-order valence-corrected chi connectivity index (χ2v) is 3.94. The summed E-state index contributed by atoms with van der Waals surface area (Å²) in [6.07, 6.45) is -0.569. The summed E-state index contributed by atoms with van der Waals surface area (Å²) in [5.41, 5.74) is 0.432. The van der Waals surface area contributed by atoms with Gasteiger partial charge in [-0.25, -0.2) is 4.79 Å². The molecule has 0 unspecified atom stereocenters. The van der Waals surface area contributed by atoms with Gasteiger partial charge in [0.2, 0.25) is 5.39 Å². The number of rotatable bonds is 6. The summed E-state index contributed by atoms with van der Waals surface area (Å²) < 4.78 is 0. The van der Waals surface area contributed by atoms with Gasteiger partial charge in [0.25, 0.3) is 5.91 Å². The molecule has 0 bridgehead atoms. The molecule has 0 heterocycles. The summed E-state index contributed by atoms with van der Waals surface area (Å²) in [7, 11) is 0. The lowest BCUT2D eigenvalue weighted by atomic mass is 10.1. The normalized spacial score (nSPS) is 11.2. The average Bonchev–Trinajstić information content (AvgIpc) is 2.42. The minimum Gasteiger partial charge on any atom is -0.481 e. The summed E-state index contributed by atoms with van der Waals surface area (Å²) in [5.74, 6) is -3.09. The fourth-order valence-electron chi connectivity index (χ4n) is 1.45. The lowest BCUT2D eigenvalue weighted by molar-refractivity contribution is -0.140. The molecule has 20 heavy (non-hydrogen) atoms. The number of carbonyl (C=O) groups is 3. The van der Waals surface area contributed by atoms with Crippen molar-refractivity contribution in [2.24, 2.45) is 0 Å². The third kappa shape index (κ3) is 4.38. The van der Waals surface area contributed by atoms with Crippen LogP contribution >= 0.6 is 0 Å². The summed E-state index contributed by atoms with van der Waals surface area (Å²) >= 11 is 0. The van der Waals surface area contributed by atoms with Crippen molar-refractivity contribution in [2.75, 3.05) is 0 Å². The smallest absolute Gasteiger partial charge is 0.385 e. The van der Waals surface area contributed by atoms with Crippen LogP contribution in [-0.4, -0.2) is 34.1 Å². The lowest BCUT2D eigenvalue weighted by Gasteiger charge is -2.13. The van der Waals surface area contributed by atoms with E-state index in [2.05, 4.69) is 10.3 Å². The van der Waals surface area contributed by atoms with Crippen molar-refractivity contribution in [2.45, 2.75) is 18.9 Å². The van der Waals surface area contributed by atoms with Crippen LogP contribution in [0.5, 0.6) is 0 Å². The zero-order valence-corrected chi connectivity index (χ0v) is 10.3. The molecule has 8 nitrogen and oxygen atoms in total. The summed E-state index contributed by atoms with van der Waals surface area (Å²) in [5, 5.41) is 28.2. The molecule has 0 aromatic heterocycles. The summed E-state index contributed by atoms with van der Waals surface area (Å²) in [6, 6.07) is 4.20. The molecule has 0 spiro atoms. The number of carbonyl (C=O) groups excluding carboxylic acids is 1. The van der Waals surface area contributed by atoms with Crippen molar-refractivity contribution in [3.8, 4) is 0 Å². The number of nitrogens with zero attached hydrogens (tertiary/aromatic N) is 2. The van der Waals surface area contributed by atoms with Crippen LogP contribution in [0.3, 0.4) is 0 Å². The van der Waals surface area contributed by atoms with Gasteiger partial charge in [-0.05, 0) is 18.6 Å². The molecule has 3 N–H and O–H groups in total. The van der Waals surface area contributed by atoms with Crippen LogP contribution < -0.4 is 5.32 Å². The molecule has 1 rings (SSSR count). The van der Waals surface area contributed by atoms with Crippen LogP contribution in [0.25, 0.3) is 4.98 Å². The second kappa shape index (κ2) is 6.84. The molecule has 0 saturated carbocycles. The standard InChI is InChI=1S/C12H11N3O5/c13-15-8-3-1-7(2-4-8)11(18)14-9(12(19)20)5-6-10(16)17/h1-4,9H,5-6H2,(H2-,14,16,17,18,19,20)/p+1/t9-/m0/s1. The molecule has 0 fully saturated rings. The number of diazo groups is 1. The molecule has 104 valence electrons. The number of aliphatic carboxylic acids is 2. The number of hydrogen-bond donors (Lipinski definition) is 3. The molecule has 0 aliphatic carbocycles. The molecule has 1 amide bonds. The van der Waals surface area contributed by atoms with Gasteiger partial charge in [-0.1, -0.05) is 0 Å². The Morgan fingerprint density at radius 2 is 1.80 bits per heavy atom. The van der Waals surface area contributed by atoms with E-state index in [0.717, 1.165) is 0 Å². The van der Waals surface area contributed by atoms with Crippen LogP contribution in [0.4, 0.5) is 5.69 Å². The first kappa shape index (κ1) is 15.1. The van der Waals surface area contributed by atoms with E-state index >= 15 is 0 Å². The number of amides is 1. The Morgan fingerprint density at radius 3 is 2.25 bits per heavy atom. The Balaban J connectivity index is 2.72. The fourth-order valence-corrected chi connectivity index (χ4v) is 1.45. The van der Waals surface area contributed by atoms with Crippen molar-refractivity contribution in [1.82, 2.24) is 5.32 Å². The van der Waals surface area contributed by atoms with E-state index in [0.29, 0.717) is 0 Å². The van der Waals surface area contributed by atoms with Gasteiger partial charge < -0.3 is 15.5 Å². The summed E-state index contributed by atoms with van der Waals surface area (Å²) in [4.78, 5) is 36.0. The average molecular weight is 278 g/mol. The summed E-state index contributed by atoms with van der Waals surface area (Å²) in [6.45, 7) is 0. The number of hydrogen-bond acceptors (Lipinski definition) is 4. The Morgan fingerprint density at radius 1 is 1.20 bits per heavy atom. The minimum absolute atomic E-state index is 0.180. The number of carboxylic acids is 2. The molecule has 0 aliphatic rings. The Labute approximate surface area is 113 Å². The number of carboxylic acid groups (broad SMARTS) is 2. The van der Waals surface area contributed by atoms with Crippen molar-refractivity contribution in [3.63, 3.8) is 0 Å². The Bertz CT molecular complexity index is 561. The molecule has 1 aromatic rings. The quantitative estimate of drug-likeness (QED) is 0.670. The highest BCUT2D eigenvalue weighted by Gasteiger charge is 2.21. The minimum atomic E-state index is -1.30. The van der Waals surface area contributed by atoms with Crippen LogP contribution in [0.1, 0.15) is 23.2 Å². The van der Waals surface area contributed by atoms with Crippen LogP contribution in [0.2, 0.25) is 0 Å². The van der Waals surface area contributed by atoms with E-state index in [-0.39, 0.29) is 24.1 Å². The van der Waals surface area contributed by atoms with Crippen molar-refractivity contribution >= 4 is 23.5 Å². The molecular formula is C12H12N3O5+. The predicted molar refractivity (Wildman–Crippen MR) is 66.9 cm³/mol. The Hall–Kier alpha value is -2.95. The van der Waals surface area contributed by atoms with Crippen molar-refractivity contribution < 1.29 is 24.6 Å². The zero-order valence-electron chi connectivity index (χ0n) is 10.3. The molecule has 1 atom stereocenters. The third-order valence-corrected chi connectivity index (χ3v) is 2.50. The van der Waals surface area contributed by atoms with Gasteiger partial charge in [0.1, 0.15) is 6.04 Å². The van der Waals surface area contributed by atoms with Gasteiger partial charge in [0.15, 0.2) is 4.98 Å². The van der Waals surface area contributed by atoms with Gasteiger partial charge in [0, 0.05) is 24.1 Å². The highest BCUT2D eigenvalue weighted by molar-refractivity contribution is 5.96. The van der Waals surface area contributed by atoms with E-state index in [1.54, 1.807) is 0 Å². The van der Waals surface area contributed by atoms with Crippen LogP contribution in [0.15, 0.2) is 24.3 Å². The van der Waals surface area contributed by atoms with Gasteiger partial charge in [-0.3, -0.25) is 9.59 Å².